The molecule has 0 aliphatic rings. The molecule has 12 rings (SSSR count). The summed E-state index contributed by atoms with van der Waals surface area (Å²) in [7, 11) is 12.0. The lowest BCUT2D eigenvalue weighted by Crippen LogP contribution is -2.39. The molecule has 2 radical (unpaired) electrons. The van der Waals surface area contributed by atoms with Crippen LogP contribution in [0, 0.1) is 0 Å². The Hall–Kier alpha value is -15.9. The number of aromatic carboxylic acids is 1. The fourth-order valence-electron chi connectivity index (χ4n) is 11.7. The number of hydrogen-bond donors (Lipinski definition) is 12. The van der Waals surface area contributed by atoms with Gasteiger partial charge in [0.15, 0.2) is 0 Å². The Balaban J connectivity index is 0.000000251. The van der Waals surface area contributed by atoms with Crippen LogP contribution in [-0.2, 0) is 60.0 Å². The number of anilines is 5. The van der Waals surface area contributed by atoms with Crippen LogP contribution in [0.4, 0.5) is 47.1 Å². The summed E-state index contributed by atoms with van der Waals surface area (Å²) in [6.45, 7) is 19.7. The van der Waals surface area contributed by atoms with Crippen LogP contribution in [0.5, 0.6) is 0 Å². The van der Waals surface area contributed by atoms with E-state index in [1.54, 1.807) is 145 Å². The van der Waals surface area contributed by atoms with E-state index in [2.05, 4.69) is 68.7 Å². The van der Waals surface area contributed by atoms with Gasteiger partial charge in [0.05, 0.1) is 34.0 Å². The lowest BCUT2D eigenvalue weighted by Gasteiger charge is -2.20. The molecule has 0 fully saturated rings. The maximum atomic E-state index is 12.4. The molecule has 0 saturated carbocycles. The van der Waals surface area contributed by atoms with Crippen molar-refractivity contribution in [1.29, 1.82) is 0 Å². The maximum Gasteiger partial charge on any atom is 0.407 e. The summed E-state index contributed by atoms with van der Waals surface area (Å²) in [6, 6.07) is 101. The average molecular weight is 1850 g/mol. The minimum Gasteiger partial charge on any atom is -0.478 e. The molecule has 12 aromatic carbocycles. The molecule has 0 bridgehead atoms. The van der Waals surface area contributed by atoms with E-state index in [1.165, 1.54) is 17.7 Å². The number of hydrazine groups is 5. The van der Waals surface area contributed by atoms with Gasteiger partial charge in [-0.15, -0.1) is 0 Å². The standard InChI is InChI=1S/C22H23N3O.2C20H25N3O3.2C15H17N3O.C13H17NO4.BF/c1-25(21-10-6-3-7-11-21)24-22(26)20-14-12-19(13-15-20)17-23-16-18-8-4-2-5-9-18;2*1-20(2,3)26-19(25)21-14-15-10-12-16(13-11-15)18(24)22-23(4)17-8-6-5-7-9-17;2*1-18(14-5-3-2-4-6-14)17-15(19)13-9-7-12(11-16)8-10-13;1-13(2,3)18-12(17)14-8-9-4-6-10(7-5-9)11(15)16;1-2/h2-15,23H,16-17H2,1H3,(H,24,26);2*5-13H,14H2,1-4H3,(H,21,25)(H,22,24);2*2-10H,11,16H2,1H3,(H,17,19);4-7H,8H2,1-3H3,(H,14,17)(H,15,16);. The summed E-state index contributed by atoms with van der Waals surface area (Å²) in [5.41, 5.74) is 38.3. The Morgan fingerprint density at radius 2 is 0.434 bits per heavy atom. The van der Waals surface area contributed by atoms with Crippen molar-refractivity contribution < 1.29 is 66.8 Å². The monoisotopic (exact) mass is 1850 g/mol. The zero-order valence-corrected chi connectivity index (χ0v) is 79.3. The predicted octanol–water partition coefficient (Wildman–Crippen LogP) is 17.0. The van der Waals surface area contributed by atoms with Crippen LogP contribution in [0.3, 0.4) is 0 Å². The third-order valence-electron chi connectivity index (χ3n) is 18.8. The van der Waals surface area contributed by atoms with Gasteiger partial charge in [-0.1, -0.05) is 194 Å². The maximum absolute atomic E-state index is 12.4. The van der Waals surface area contributed by atoms with Crippen LogP contribution in [0.1, 0.15) is 163 Å². The van der Waals surface area contributed by atoms with Crippen molar-refractivity contribution in [2.45, 2.75) is 125 Å². The van der Waals surface area contributed by atoms with Gasteiger partial charge in [0.2, 0.25) is 0 Å². The van der Waals surface area contributed by atoms with Gasteiger partial charge < -0.3 is 56.4 Å². The second kappa shape index (κ2) is 56.8. The number of carboxylic acid groups (broad SMARTS) is 1. The zero-order valence-electron chi connectivity index (χ0n) is 79.3. The zero-order chi connectivity index (χ0) is 99.6. The molecule has 712 valence electrons. The van der Waals surface area contributed by atoms with Crippen LogP contribution in [-0.4, -0.2) is 119 Å². The third kappa shape index (κ3) is 42.1. The normalized spacial score (nSPS) is 10.4. The molecule has 12 aromatic rings. The number of halogens is 1. The molecule has 29 nitrogen and oxygen atoms in total. The van der Waals surface area contributed by atoms with Crippen molar-refractivity contribution in [3.05, 3.63) is 400 Å². The number of nitrogens with zero attached hydrogens (tertiary/aromatic N) is 5. The molecule has 0 unspecified atom stereocenters. The predicted molar refractivity (Wildman–Crippen MR) is 536 cm³/mol. The van der Waals surface area contributed by atoms with Crippen molar-refractivity contribution in [2.75, 3.05) is 60.3 Å². The molecular weight excluding hydrogens is 1720 g/mol. The molecular formula is C105H124BFN16O13. The fraction of sp³-hybridized carbons (Fsp3) is 0.229. The summed E-state index contributed by atoms with van der Waals surface area (Å²) >= 11 is 0. The van der Waals surface area contributed by atoms with Crippen molar-refractivity contribution in [3.63, 3.8) is 0 Å². The van der Waals surface area contributed by atoms with Crippen LogP contribution < -0.4 is 84.9 Å². The number of alkyl carbamates (subject to hydrolysis) is 3. The van der Waals surface area contributed by atoms with Gasteiger partial charge in [-0.25, -0.2) is 19.2 Å². The molecule has 136 heavy (non-hydrogen) atoms. The van der Waals surface area contributed by atoms with E-state index in [4.69, 9.17) is 35.1 Å². The first-order valence-corrected chi connectivity index (χ1v) is 43.4. The largest absolute Gasteiger partial charge is 0.478 e. The lowest BCUT2D eigenvalue weighted by molar-refractivity contribution is 0.0512. The van der Waals surface area contributed by atoms with E-state index in [9.17, 15) is 43.2 Å². The Morgan fingerprint density at radius 3 is 0.618 bits per heavy atom. The van der Waals surface area contributed by atoms with Crippen molar-refractivity contribution >= 4 is 90.3 Å². The van der Waals surface area contributed by atoms with E-state index >= 15 is 0 Å². The van der Waals surface area contributed by atoms with Crippen molar-refractivity contribution in [1.82, 2.24) is 48.4 Å². The van der Waals surface area contributed by atoms with E-state index in [0.29, 0.717) is 60.5 Å². The molecule has 8 amide bonds. The highest BCUT2D eigenvalue weighted by Crippen LogP contribution is 2.19. The van der Waals surface area contributed by atoms with Gasteiger partial charge in [-0.3, -0.25) is 76.1 Å². The molecule has 0 spiro atoms. The number of ether oxygens (including phenoxy) is 3. The summed E-state index contributed by atoms with van der Waals surface area (Å²) in [5.74, 6) is -1.79. The topological polar surface area (TPSA) is 378 Å². The minimum atomic E-state index is -0.971. The number of hydrogen-bond acceptors (Lipinski definition) is 20. The fourth-order valence-corrected chi connectivity index (χ4v) is 11.7. The number of carbonyl (C=O) groups is 9. The Labute approximate surface area is 797 Å². The molecule has 0 saturated heterocycles. The van der Waals surface area contributed by atoms with Crippen LogP contribution in [0.15, 0.2) is 328 Å². The highest BCUT2D eigenvalue weighted by molar-refractivity contribution is 5.98. The summed E-state index contributed by atoms with van der Waals surface area (Å²) in [6.07, 6.45) is -1.43. The SMILES string of the molecule is CC(C)(C)OC(=O)NCc1ccc(C(=O)O)cc1.CN(NC(=O)c1ccc(CN)cc1)c1ccccc1.CN(NC(=O)c1ccc(CN)cc1)c1ccccc1.CN(NC(=O)c1ccc(CNC(=O)OC(C)(C)C)cc1)c1ccccc1.CN(NC(=O)c1ccc(CNC(=O)OC(C)(C)C)cc1)c1ccccc1.CN(NC(=O)c1ccc(CNCc2ccccc2)cc1)c1ccccc1.[B]F. The van der Waals surface area contributed by atoms with Crippen LogP contribution in [0.2, 0.25) is 0 Å². The molecule has 0 aromatic heterocycles. The second-order valence-corrected chi connectivity index (χ2v) is 33.2. The molecule has 0 heterocycles. The van der Waals surface area contributed by atoms with Crippen molar-refractivity contribution in [3.8, 4) is 0 Å². The van der Waals surface area contributed by atoms with Crippen LogP contribution >= 0.6 is 0 Å². The number of nitrogens with two attached hydrogens (primary N) is 2. The third-order valence-corrected chi connectivity index (χ3v) is 18.8. The number of nitrogens with one attached hydrogen (secondary N) is 9. The van der Waals surface area contributed by atoms with Gasteiger partial charge in [0.1, 0.15) is 16.8 Å². The Kier molecular flexibility index (Phi) is 45.5. The second-order valence-electron chi connectivity index (χ2n) is 33.2. The van der Waals surface area contributed by atoms with E-state index in [-0.39, 0.29) is 35.1 Å². The van der Waals surface area contributed by atoms with Gasteiger partial charge in [0.25, 0.3) is 29.5 Å². The highest BCUT2D eigenvalue weighted by atomic mass is 19.1. The smallest absolute Gasteiger partial charge is 0.407 e. The quantitative estimate of drug-likeness (QED) is 0.0123. The number of benzene rings is 12. The Morgan fingerprint density at radius 1 is 0.265 bits per heavy atom. The molecule has 0 aliphatic carbocycles. The van der Waals surface area contributed by atoms with Gasteiger partial charge in [0, 0.05) is 109 Å². The molecule has 14 N–H and O–H groups in total. The van der Waals surface area contributed by atoms with Gasteiger partial charge in [-0.2, -0.15) is 0 Å². The minimum absolute atomic E-state index is 0.125. The number of para-hydroxylation sites is 5. The molecule has 0 atom stereocenters. The first-order chi connectivity index (χ1) is 64.9. The number of carboxylic acids is 1. The van der Waals surface area contributed by atoms with E-state index < -0.39 is 41.1 Å². The van der Waals surface area contributed by atoms with Gasteiger partial charge in [-0.05, 0) is 235 Å². The van der Waals surface area contributed by atoms with Gasteiger partial charge >= 0.3 is 32.4 Å². The highest BCUT2D eigenvalue weighted by Gasteiger charge is 2.21. The van der Waals surface area contributed by atoms with Crippen LogP contribution in [0.25, 0.3) is 0 Å². The molecule has 0 aliphatic heterocycles. The number of rotatable bonds is 28. The summed E-state index contributed by atoms with van der Waals surface area (Å²) in [5, 5.41) is 28.6. The van der Waals surface area contributed by atoms with Crippen molar-refractivity contribution in [2.24, 2.45) is 11.5 Å². The lowest BCUT2D eigenvalue weighted by atomic mass is 10.1. The summed E-state index contributed by atoms with van der Waals surface area (Å²) < 4.78 is 24.5. The Bertz CT molecular complexity index is 5370. The number of amides is 8. The van der Waals surface area contributed by atoms with E-state index in [1.807, 2.05) is 281 Å². The molecule has 31 heteroatoms. The number of carbonyl (C=O) groups excluding carboxylic acids is 8. The first-order valence-electron chi connectivity index (χ1n) is 43.4. The van der Waals surface area contributed by atoms with E-state index in [0.717, 1.165) is 74.9 Å². The summed E-state index contributed by atoms with van der Waals surface area (Å²) in [4.78, 5) is 106. The average Bonchev–Trinajstić information content (AvgIpc) is 0.874. The first kappa shape index (κ1) is 109.